The topological polar surface area (TPSA) is 71.1 Å². The summed E-state index contributed by atoms with van der Waals surface area (Å²) in [7, 11) is 1.72. The van der Waals surface area contributed by atoms with Crippen LogP contribution < -0.4 is 4.74 Å². The Bertz CT molecular complexity index is 539. The van der Waals surface area contributed by atoms with Crippen LogP contribution in [0.5, 0.6) is 5.75 Å². The molecule has 0 saturated carbocycles. The molecule has 0 unspecified atom stereocenters. The molecule has 1 N–H and O–H groups in total. The third-order valence-electron chi connectivity index (χ3n) is 2.66. The fourth-order valence-corrected chi connectivity index (χ4v) is 1.76. The van der Waals surface area contributed by atoms with E-state index in [2.05, 4.69) is 15.4 Å². The van der Waals surface area contributed by atoms with E-state index < -0.39 is 0 Å². The first kappa shape index (κ1) is 13.1. The average Bonchev–Trinajstić information content (AvgIpc) is 2.94. The van der Waals surface area contributed by atoms with Crippen LogP contribution in [0.15, 0.2) is 30.5 Å². The molecule has 1 heterocycles. The Morgan fingerprint density at radius 1 is 1.42 bits per heavy atom. The molecule has 0 spiro atoms. The van der Waals surface area contributed by atoms with Crippen molar-refractivity contribution in [1.29, 1.82) is 0 Å². The van der Waals surface area contributed by atoms with Gasteiger partial charge in [-0.25, -0.2) is 0 Å². The van der Waals surface area contributed by atoms with E-state index in [1.807, 2.05) is 31.2 Å². The van der Waals surface area contributed by atoms with Gasteiger partial charge >= 0.3 is 0 Å². The van der Waals surface area contributed by atoms with Crippen LogP contribution in [0, 0.1) is 0 Å². The van der Waals surface area contributed by atoms with E-state index in [-0.39, 0.29) is 5.91 Å². The van der Waals surface area contributed by atoms with Crippen molar-refractivity contribution in [1.82, 2.24) is 20.3 Å². The Labute approximate surface area is 111 Å². The van der Waals surface area contributed by atoms with Crippen molar-refractivity contribution in [2.24, 2.45) is 0 Å². The molecule has 2 rings (SSSR count). The SMILES string of the molecule is CCOc1ccccc1CN(C)C(=O)c1cn[nH]n1. The quantitative estimate of drug-likeness (QED) is 0.883. The third-order valence-corrected chi connectivity index (χ3v) is 2.66. The highest BCUT2D eigenvalue weighted by atomic mass is 16.5. The number of aromatic nitrogens is 3. The first-order valence-electron chi connectivity index (χ1n) is 6.04. The van der Waals surface area contributed by atoms with Gasteiger partial charge in [-0.1, -0.05) is 18.2 Å². The van der Waals surface area contributed by atoms with Crippen molar-refractivity contribution in [2.45, 2.75) is 13.5 Å². The van der Waals surface area contributed by atoms with Gasteiger partial charge in [0.2, 0.25) is 0 Å². The summed E-state index contributed by atoms with van der Waals surface area (Å²) >= 11 is 0. The van der Waals surface area contributed by atoms with Crippen LogP contribution in [0.1, 0.15) is 23.0 Å². The molecule has 0 bridgehead atoms. The first-order valence-corrected chi connectivity index (χ1v) is 6.04. The second-order valence-electron chi connectivity index (χ2n) is 4.06. The van der Waals surface area contributed by atoms with Gasteiger partial charge in [0.25, 0.3) is 5.91 Å². The first-order chi connectivity index (χ1) is 9.22. The van der Waals surface area contributed by atoms with Gasteiger partial charge in [-0.05, 0) is 13.0 Å². The lowest BCUT2D eigenvalue weighted by Crippen LogP contribution is -2.26. The Morgan fingerprint density at radius 2 is 2.21 bits per heavy atom. The summed E-state index contributed by atoms with van der Waals surface area (Å²) in [6, 6.07) is 7.67. The van der Waals surface area contributed by atoms with Crippen LogP contribution in [0.2, 0.25) is 0 Å². The van der Waals surface area contributed by atoms with E-state index in [4.69, 9.17) is 4.74 Å². The molecule has 6 nitrogen and oxygen atoms in total. The Kier molecular flexibility index (Phi) is 4.12. The van der Waals surface area contributed by atoms with Gasteiger partial charge < -0.3 is 9.64 Å². The number of ether oxygens (including phenoxy) is 1. The molecule has 0 saturated heterocycles. The summed E-state index contributed by atoms with van der Waals surface area (Å²) in [5, 5.41) is 9.84. The molecule has 2 aromatic rings. The molecule has 0 fully saturated rings. The van der Waals surface area contributed by atoms with E-state index in [1.165, 1.54) is 6.20 Å². The number of benzene rings is 1. The minimum Gasteiger partial charge on any atom is -0.494 e. The third kappa shape index (κ3) is 3.09. The van der Waals surface area contributed by atoms with E-state index in [1.54, 1.807) is 11.9 Å². The molecule has 0 aliphatic rings. The van der Waals surface area contributed by atoms with E-state index in [0.717, 1.165) is 11.3 Å². The van der Waals surface area contributed by atoms with Crippen molar-refractivity contribution in [3.63, 3.8) is 0 Å². The van der Waals surface area contributed by atoms with Crippen LogP contribution in [0.3, 0.4) is 0 Å². The van der Waals surface area contributed by atoms with E-state index in [9.17, 15) is 4.79 Å². The van der Waals surface area contributed by atoms with Gasteiger partial charge in [-0.2, -0.15) is 15.4 Å². The molecule has 6 heteroatoms. The maximum absolute atomic E-state index is 12.0. The normalized spacial score (nSPS) is 10.2. The van der Waals surface area contributed by atoms with Crippen LogP contribution in [0.25, 0.3) is 0 Å². The zero-order valence-electron chi connectivity index (χ0n) is 11.0. The average molecular weight is 260 g/mol. The number of rotatable bonds is 5. The van der Waals surface area contributed by atoms with Gasteiger partial charge in [-0.3, -0.25) is 4.79 Å². The zero-order chi connectivity index (χ0) is 13.7. The minimum atomic E-state index is -0.181. The number of hydrogen-bond donors (Lipinski definition) is 1. The summed E-state index contributed by atoms with van der Waals surface area (Å²) < 4.78 is 5.54. The molecule has 100 valence electrons. The maximum atomic E-state index is 12.0. The molecule has 0 radical (unpaired) electrons. The summed E-state index contributed by atoms with van der Waals surface area (Å²) in [6.45, 7) is 2.99. The van der Waals surface area contributed by atoms with Crippen molar-refractivity contribution in [2.75, 3.05) is 13.7 Å². The lowest BCUT2D eigenvalue weighted by Gasteiger charge is -2.18. The van der Waals surface area contributed by atoms with Crippen molar-refractivity contribution in [3.05, 3.63) is 41.7 Å². The Balaban J connectivity index is 2.10. The Morgan fingerprint density at radius 3 is 2.89 bits per heavy atom. The number of nitrogens with one attached hydrogen (secondary N) is 1. The lowest BCUT2D eigenvalue weighted by atomic mass is 10.2. The summed E-state index contributed by atoms with van der Waals surface area (Å²) in [4.78, 5) is 13.6. The lowest BCUT2D eigenvalue weighted by molar-refractivity contribution is 0.0778. The highest BCUT2D eigenvalue weighted by molar-refractivity contribution is 5.91. The highest BCUT2D eigenvalue weighted by Crippen LogP contribution is 2.19. The molecule has 1 aromatic carbocycles. The van der Waals surface area contributed by atoms with Gasteiger partial charge in [0, 0.05) is 19.2 Å². The number of para-hydroxylation sites is 1. The predicted molar refractivity (Wildman–Crippen MR) is 69.8 cm³/mol. The standard InChI is InChI=1S/C13H16N4O2/c1-3-19-12-7-5-4-6-10(12)9-17(2)13(18)11-8-14-16-15-11/h4-8H,3,9H2,1-2H3,(H,14,15,16). The number of nitrogens with zero attached hydrogens (tertiary/aromatic N) is 3. The fraction of sp³-hybridized carbons (Fsp3) is 0.308. The van der Waals surface area contributed by atoms with Crippen LogP contribution in [0.4, 0.5) is 0 Å². The van der Waals surface area contributed by atoms with Gasteiger partial charge in [0.1, 0.15) is 5.75 Å². The van der Waals surface area contributed by atoms with Crippen LogP contribution >= 0.6 is 0 Å². The van der Waals surface area contributed by atoms with Gasteiger partial charge in [0.15, 0.2) is 5.69 Å². The second kappa shape index (κ2) is 5.99. The monoisotopic (exact) mass is 260 g/mol. The number of carbonyl (C=O) groups is 1. The molecule has 1 amide bonds. The molecule has 0 atom stereocenters. The summed E-state index contributed by atoms with van der Waals surface area (Å²) in [5.74, 6) is 0.616. The number of hydrogen-bond acceptors (Lipinski definition) is 4. The van der Waals surface area contributed by atoms with Crippen molar-refractivity contribution >= 4 is 5.91 Å². The van der Waals surface area contributed by atoms with Crippen molar-refractivity contribution < 1.29 is 9.53 Å². The number of H-pyrrole nitrogens is 1. The Hall–Kier alpha value is -2.37. The molecule has 19 heavy (non-hydrogen) atoms. The number of carbonyl (C=O) groups excluding carboxylic acids is 1. The summed E-state index contributed by atoms with van der Waals surface area (Å²) in [5.41, 5.74) is 1.26. The van der Waals surface area contributed by atoms with Crippen LogP contribution in [-0.2, 0) is 6.54 Å². The fourth-order valence-electron chi connectivity index (χ4n) is 1.76. The van der Waals surface area contributed by atoms with E-state index in [0.29, 0.717) is 18.8 Å². The number of amides is 1. The molecular formula is C13H16N4O2. The predicted octanol–water partition coefficient (Wildman–Crippen LogP) is 1.48. The van der Waals surface area contributed by atoms with Crippen molar-refractivity contribution in [3.8, 4) is 5.75 Å². The van der Waals surface area contributed by atoms with E-state index >= 15 is 0 Å². The molecular weight excluding hydrogens is 244 g/mol. The molecule has 0 aliphatic carbocycles. The van der Waals surface area contributed by atoms with Gasteiger partial charge in [-0.15, -0.1) is 0 Å². The molecule has 1 aromatic heterocycles. The van der Waals surface area contributed by atoms with Gasteiger partial charge in [0.05, 0.1) is 12.8 Å². The summed E-state index contributed by atoms with van der Waals surface area (Å²) in [6.07, 6.45) is 1.41. The number of aromatic amines is 1. The van der Waals surface area contributed by atoms with Crippen LogP contribution in [-0.4, -0.2) is 39.9 Å². The second-order valence-corrected chi connectivity index (χ2v) is 4.06. The zero-order valence-corrected chi connectivity index (χ0v) is 11.0. The largest absolute Gasteiger partial charge is 0.494 e. The minimum absolute atomic E-state index is 0.181. The molecule has 0 aliphatic heterocycles. The maximum Gasteiger partial charge on any atom is 0.276 e. The smallest absolute Gasteiger partial charge is 0.276 e. The highest BCUT2D eigenvalue weighted by Gasteiger charge is 2.16.